The molecule has 0 amide bonds. The fourth-order valence-corrected chi connectivity index (χ4v) is 2.97. The van der Waals surface area contributed by atoms with Crippen molar-refractivity contribution in [2.45, 2.75) is 24.7 Å². The number of nitrogens with one attached hydrogen (secondary N) is 2. The van der Waals surface area contributed by atoms with Crippen LogP contribution in [0.3, 0.4) is 0 Å². The van der Waals surface area contributed by atoms with Crippen molar-refractivity contribution >= 4 is 0 Å². The molecule has 2 aliphatic carbocycles. The molecular formula is C10H10N4. The highest BCUT2D eigenvalue weighted by Gasteiger charge is 2.42. The molecule has 14 heavy (non-hydrogen) atoms. The van der Waals surface area contributed by atoms with E-state index in [1.807, 2.05) is 12.4 Å². The van der Waals surface area contributed by atoms with Gasteiger partial charge in [0.05, 0.1) is 12.4 Å². The Morgan fingerprint density at radius 1 is 0.929 bits per heavy atom. The highest BCUT2D eigenvalue weighted by Crippen LogP contribution is 2.49. The van der Waals surface area contributed by atoms with Gasteiger partial charge < -0.3 is 0 Å². The first-order valence-corrected chi connectivity index (χ1v) is 4.98. The number of hydrogen-bond donors (Lipinski definition) is 2. The van der Waals surface area contributed by atoms with Gasteiger partial charge in [0.2, 0.25) is 0 Å². The molecular weight excluding hydrogens is 176 g/mol. The van der Waals surface area contributed by atoms with Crippen molar-refractivity contribution in [2.75, 3.05) is 0 Å². The Bertz CT molecular complexity index is 449. The monoisotopic (exact) mass is 186 g/mol. The van der Waals surface area contributed by atoms with Gasteiger partial charge in [-0.25, -0.2) is 0 Å². The lowest BCUT2D eigenvalue weighted by molar-refractivity contribution is 0.597. The maximum atomic E-state index is 4.10. The first-order chi connectivity index (χ1) is 6.93. The molecule has 0 spiro atoms. The van der Waals surface area contributed by atoms with Crippen molar-refractivity contribution in [3.63, 3.8) is 0 Å². The van der Waals surface area contributed by atoms with Gasteiger partial charge in [0.1, 0.15) is 0 Å². The highest BCUT2D eigenvalue weighted by atomic mass is 15.1. The van der Waals surface area contributed by atoms with Gasteiger partial charge in [-0.3, -0.25) is 10.2 Å². The first-order valence-electron chi connectivity index (χ1n) is 4.98. The largest absolute Gasteiger partial charge is 0.282 e. The van der Waals surface area contributed by atoms with Crippen LogP contribution < -0.4 is 0 Å². The van der Waals surface area contributed by atoms with E-state index in [4.69, 9.17) is 0 Å². The molecule has 0 bridgehead atoms. The van der Waals surface area contributed by atoms with Crippen molar-refractivity contribution in [3.8, 4) is 0 Å². The van der Waals surface area contributed by atoms with E-state index in [0.29, 0.717) is 11.8 Å². The summed E-state index contributed by atoms with van der Waals surface area (Å²) in [6, 6.07) is 0. The van der Waals surface area contributed by atoms with E-state index in [2.05, 4.69) is 20.4 Å². The molecule has 0 aromatic carbocycles. The molecule has 4 nitrogen and oxygen atoms in total. The Morgan fingerprint density at radius 2 is 1.43 bits per heavy atom. The van der Waals surface area contributed by atoms with Crippen LogP contribution in [0.4, 0.5) is 0 Å². The van der Waals surface area contributed by atoms with Crippen LogP contribution in [-0.2, 0) is 12.8 Å². The average Bonchev–Trinajstić information content (AvgIpc) is 2.80. The first kappa shape index (κ1) is 6.81. The zero-order valence-electron chi connectivity index (χ0n) is 7.62. The SMILES string of the molecule is c1n[nH]c2c1C[C@H]1c3[nH]ncc3C[C@H]21. The van der Waals surface area contributed by atoms with E-state index in [9.17, 15) is 0 Å². The quantitative estimate of drug-likeness (QED) is 0.647. The van der Waals surface area contributed by atoms with E-state index in [1.54, 1.807) is 0 Å². The summed E-state index contributed by atoms with van der Waals surface area (Å²) < 4.78 is 0. The number of aromatic amines is 2. The molecule has 0 saturated carbocycles. The van der Waals surface area contributed by atoms with Gasteiger partial charge in [0.25, 0.3) is 0 Å². The molecule has 2 aromatic rings. The highest BCUT2D eigenvalue weighted by molar-refractivity contribution is 5.43. The van der Waals surface area contributed by atoms with Crippen LogP contribution in [0.1, 0.15) is 34.4 Å². The standard InChI is InChI=1S/C10H10N4/c1-5-3-11-13-9(5)8-2-6-4-12-14-10(6)7(1)8/h3-4,7-8H,1-2H2,(H,11,13)(H,12,14)/t7-,8+. The number of nitrogens with zero attached hydrogens (tertiary/aromatic N) is 2. The molecule has 0 unspecified atom stereocenters. The molecule has 0 radical (unpaired) electrons. The zero-order chi connectivity index (χ0) is 9.12. The number of H-pyrrole nitrogens is 2. The minimum absolute atomic E-state index is 0.622. The summed E-state index contributed by atoms with van der Waals surface area (Å²) in [4.78, 5) is 0. The van der Waals surface area contributed by atoms with Crippen LogP contribution in [-0.4, -0.2) is 20.4 Å². The zero-order valence-corrected chi connectivity index (χ0v) is 7.62. The van der Waals surface area contributed by atoms with Crippen LogP contribution in [0.25, 0.3) is 0 Å². The molecule has 4 heteroatoms. The van der Waals surface area contributed by atoms with Crippen molar-refractivity contribution in [3.05, 3.63) is 34.9 Å². The van der Waals surface area contributed by atoms with Crippen LogP contribution in [0, 0.1) is 0 Å². The predicted octanol–water partition coefficient (Wildman–Crippen LogP) is 1.11. The summed E-state index contributed by atoms with van der Waals surface area (Å²) >= 11 is 0. The Balaban J connectivity index is 1.88. The number of fused-ring (bicyclic) bond motifs is 5. The Kier molecular flexibility index (Phi) is 1.01. The number of hydrogen-bond acceptors (Lipinski definition) is 2. The third-order valence-electron chi connectivity index (χ3n) is 3.61. The van der Waals surface area contributed by atoms with E-state index in [0.717, 1.165) is 12.8 Å². The maximum Gasteiger partial charge on any atom is 0.0522 e. The van der Waals surface area contributed by atoms with Gasteiger partial charge in [-0.1, -0.05) is 0 Å². The lowest BCUT2D eigenvalue weighted by atomic mass is 9.98. The summed E-state index contributed by atoms with van der Waals surface area (Å²) in [6.45, 7) is 0. The summed E-state index contributed by atoms with van der Waals surface area (Å²) in [7, 11) is 0. The van der Waals surface area contributed by atoms with Gasteiger partial charge in [-0.05, 0) is 24.0 Å². The molecule has 70 valence electrons. The summed E-state index contributed by atoms with van der Waals surface area (Å²) in [5.41, 5.74) is 5.47. The average molecular weight is 186 g/mol. The van der Waals surface area contributed by atoms with Gasteiger partial charge in [0, 0.05) is 23.2 Å². The molecule has 0 saturated heterocycles. The molecule has 2 N–H and O–H groups in total. The van der Waals surface area contributed by atoms with Gasteiger partial charge in [-0.2, -0.15) is 10.2 Å². The predicted molar refractivity (Wildman–Crippen MR) is 50.1 cm³/mol. The van der Waals surface area contributed by atoms with Gasteiger partial charge in [0.15, 0.2) is 0 Å². The second-order valence-corrected chi connectivity index (χ2v) is 4.24. The number of aromatic nitrogens is 4. The van der Waals surface area contributed by atoms with Crippen molar-refractivity contribution in [1.82, 2.24) is 20.4 Å². The Morgan fingerprint density at radius 3 is 1.93 bits per heavy atom. The van der Waals surface area contributed by atoms with Crippen molar-refractivity contribution < 1.29 is 0 Å². The molecule has 2 aliphatic rings. The molecule has 2 atom stereocenters. The van der Waals surface area contributed by atoms with E-state index >= 15 is 0 Å². The van der Waals surface area contributed by atoms with Gasteiger partial charge in [-0.15, -0.1) is 0 Å². The third-order valence-corrected chi connectivity index (χ3v) is 3.61. The molecule has 2 aromatic heterocycles. The summed E-state index contributed by atoms with van der Waals surface area (Å²) in [5.74, 6) is 1.24. The Labute approximate surface area is 80.7 Å². The van der Waals surface area contributed by atoms with Gasteiger partial charge >= 0.3 is 0 Å². The van der Waals surface area contributed by atoms with E-state index in [-0.39, 0.29) is 0 Å². The second-order valence-electron chi connectivity index (χ2n) is 4.24. The molecule has 0 fully saturated rings. The van der Waals surface area contributed by atoms with E-state index in [1.165, 1.54) is 22.5 Å². The minimum atomic E-state index is 0.622. The topological polar surface area (TPSA) is 57.4 Å². The van der Waals surface area contributed by atoms with Crippen molar-refractivity contribution in [1.29, 1.82) is 0 Å². The van der Waals surface area contributed by atoms with E-state index < -0.39 is 0 Å². The van der Waals surface area contributed by atoms with Crippen LogP contribution in [0.5, 0.6) is 0 Å². The minimum Gasteiger partial charge on any atom is -0.282 e. The molecule has 4 rings (SSSR count). The fourth-order valence-electron chi connectivity index (χ4n) is 2.97. The summed E-state index contributed by atoms with van der Waals surface area (Å²) in [5, 5.41) is 14.5. The Hall–Kier alpha value is -1.58. The maximum absolute atomic E-state index is 4.10. The lowest BCUT2D eigenvalue weighted by Gasteiger charge is -2.08. The summed E-state index contributed by atoms with van der Waals surface area (Å²) in [6.07, 6.45) is 6.16. The second kappa shape index (κ2) is 2.08. The smallest absolute Gasteiger partial charge is 0.0522 e. The van der Waals surface area contributed by atoms with Crippen LogP contribution >= 0.6 is 0 Å². The molecule has 0 aliphatic heterocycles. The molecule has 2 heterocycles. The van der Waals surface area contributed by atoms with Crippen molar-refractivity contribution in [2.24, 2.45) is 0 Å². The fraction of sp³-hybridized carbons (Fsp3) is 0.400. The normalized spacial score (nSPS) is 27.4. The third kappa shape index (κ3) is 0.626. The lowest BCUT2D eigenvalue weighted by Crippen LogP contribution is -2.02. The van der Waals surface area contributed by atoms with Crippen LogP contribution in [0.2, 0.25) is 0 Å². The van der Waals surface area contributed by atoms with Crippen LogP contribution in [0.15, 0.2) is 12.4 Å². The number of rotatable bonds is 0.